The highest BCUT2D eigenvalue weighted by Gasteiger charge is 2.26. The van der Waals surface area contributed by atoms with Crippen molar-refractivity contribution in [3.63, 3.8) is 0 Å². The molecule has 6 heterocycles. The molecule has 6 aromatic heterocycles. The van der Waals surface area contributed by atoms with Crippen LogP contribution in [0.2, 0.25) is 0 Å². The highest BCUT2D eigenvalue weighted by atomic mass is 19.2. The summed E-state index contributed by atoms with van der Waals surface area (Å²) in [5.74, 6) is 5.04. The van der Waals surface area contributed by atoms with Crippen LogP contribution in [0.25, 0.3) is 0 Å². The predicted molar refractivity (Wildman–Crippen MR) is 399 cm³/mol. The lowest BCUT2D eigenvalue weighted by Gasteiger charge is -2.23. The number of benzene rings is 2. The second-order valence-electron chi connectivity index (χ2n) is 31.7. The van der Waals surface area contributed by atoms with Gasteiger partial charge in [-0.3, -0.25) is 24.9 Å². The summed E-state index contributed by atoms with van der Waals surface area (Å²) < 4.78 is 54.0. The summed E-state index contributed by atoms with van der Waals surface area (Å²) >= 11 is 0. The average Bonchev–Trinajstić information content (AvgIpc) is 0.797. The van der Waals surface area contributed by atoms with Gasteiger partial charge in [0.2, 0.25) is 0 Å². The molecule has 2 aromatic carbocycles. The van der Waals surface area contributed by atoms with Crippen molar-refractivity contribution in [2.75, 3.05) is 0 Å². The van der Waals surface area contributed by atoms with Gasteiger partial charge >= 0.3 is 0 Å². The van der Waals surface area contributed by atoms with E-state index in [1.165, 1.54) is 163 Å². The number of pyridine rings is 3. The van der Waals surface area contributed by atoms with Gasteiger partial charge in [-0.25, -0.2) is 27.5 Å². The molecule has 9 nitrogen and oxygen atoms in total. The molecule has 0 radical (unpaired) electrons. The van der Waals surface area contributed by atoms with E-state index in [1.807, 2.05) is 39.4 Å². The second kappa shape index (κ2) is 36.1. The quantitative estimate of drug-likeness (QED) is 0.137. The van der Waals surface area contributed by atoms with E-state index < -0.39 is 11.6 Å². The zero-order chi connectivity index (χ0) is 71.9. The third-order valence-electron chi connectivity index (χ3n) is 21.6. The van der Waals surface area contributed by atoms with E-state index in [4.69, 9.17) is 0 Å². The molecule has 0 N–H and O–H groups in total. The van der Waals surface area contributed by atoms with Crippen LogP contribution >= 0.6 is 0 Å². The molecule has 0 bridgehead atoms. The van der Waals surface area contributed by atoms with Crippen molar-refractivity contribution in [1.29, 1.82) is 0 Å². The van der Waals surface area contributed by atoms with Gasteiger partial charge in [-0.2, -0.15) is 10.2 Å². The second-order valence-corrected chi connectivity index (χ2v) is 31.7. The molecule has 536 valence electrons. The molecule has 8 aromatic rings. The highest BCUT2D eigenvalue weighted by molar-refractivity contribution is 5.38. The fraction of sp³-hybridized carbons (Fsp3) is 0.552. The van der Waals surface area contributed by atoms with Gasteiger partial charge in [0, 0.05) is 53.3 Å². The van der Waals surface area contributed by atoms with Gasteiger partial charge in [-0.15, -0.1) is 0 Å². The molecule has 8 unspecified atom stereocenters. The Morgan fingerprint density at radius 3 is 1.46 bits per heavy atom. The molecule has 8 atom stereocenters. The SMILES string of the molecule is Cc1cc(F)c2c(c1F)CCC(C)C2.Cc1cc2c(c(F)c1F)CC(C)CC2.Cc1cc2c(cn1)CC(C)CC2.Cc1cc2c(nn1)CC(C)CC2.Cc1ccc2c(n1)CCC(C)C2.Cc1cnc2c(c1)CCC(C)C2.Cc1cnc2c(n1)CCC(C)C2.Cc1ncc2c(n1)CCC(C)C2. The van der Waals surface area contributed by atoms with Crippen molar-refractivity contribution in [2.45, 2.75) is 265 Å². The average molecular weight is 1360 g/mol. The summed E-state index contributed by atoms with van der Waals surface area (Å²) in [6.07, 6.45) is 34.8. The Balaban J connectivity index is 0.000000133. The third-order valence-corrected chi connectivity index (χ3v) is 21.6. The Kier molecular flexibility index (Phi) is 27.8. The molecule has 0 fully saturated rings. The Labute approximate surface area is 597 Å². The molecule has 0 aliphatic heterocycles. The Morgan fingerprint density at radius 1 is 0.290 bits per heavy atom. The smallest absolute Gasteiger partial charge is 0.162 e. The van der Waals surface area contributed by atoms with Crippen LogP contribution in [0.3, 0.4) is 0 Å². The number of aryl methyl sites for hydroxylation is 15. The van der Waals surface area contributed by atoms with E-state index in [9.17, 15) is 17.6 Å². The van der Waals surface area contributed by atoms with Gasteiger partial charge in [0.15, 0.2) is 11.6 Å². The van der Waals surface area contributed by atoms with Gasteiger partial charge < -0.3 is 0 Å². The maximum atomic E-state index is 13.6. The molecule has 100 heavy (non-hydrogen) atoms. The number of aromatic nitrogens is 9. The number of rotatable bonds is 0. The number of fused-ring (bicyclic) bond motifs is 8. The standard InChI is InChI=1S/2C12H14F2.3C11H15N.3C10H14N2/c1-7-3-4-9-10(5-7)11(13)6-8(2)12(9)14;1-7-3-4-9-6-8(2)11(13)12(14)10(9)5-7;1-8-3-6-11-10(7-8)5-4-9(2)12-11;1-8-3-4-10-5-9(2)7-12-11(10)6-8;1-8-3-4-10-6-9(2)12-7-11(10)5-8;1-7-3-4-10-9(5-7)6-11-8(2)12-10;1-7-3-4-9-10(5-7)11-6-8(2)12-9;1-7-3-4-9-6-8(2)11-12-10(9)5-7/h2*6-7H,3-5H2,1-2H3;4-5,8H,3,6-7H2,1-2H3;5,7-8H,3-4,6H2,1-2H3;6-8H,3-5H2,1-2H3;3*6-7H,3-5H2,1-2H3. The largest absolute Gasteiger partial charge is 0.261 e. The number of nitrogens with zero attached hydrogens (tertiary/aromatic N) is 9. The maximum Gasteiger partial charge on any atom is 0.162 e. The lowest BCUT2D eigenvalue weighted by atomic mass is 9.83. The lowest BCUT2D eigenvalue weighted by Crippen LogP contribution is -2.15. The number of halogens is 4. The van der Waals surface area contributed by atoms with Crippen molar-refractivity contribution in [1.82, 2.24) is 45.1 Å². The monoisotopic (exact) mass is 1360 g/mol. The van der Waals surface area contributed by atoms with E-state index in [2.05, 4.69) is 158 Å². The van der Waals surface area contributed by atoms with E-state index in [0.717, 1.165) is 121 Å². The van der Waals surface area contributed by atoms with Crippen molar-refractivity contribution in [3.8, 4) is 0 Å². The normalized spacial score (nSPS) is 21.6. The van der Waals surface area contributed by atoms with Gasteiger partial charge in [0.05, 0.1) is 28.5 Å². The van der Waals surface area contributed by atoms with E-state index in [1.54, 1.807) is 19.9 Å². The van der Waals surface area contributed by atoms with Gasteiger partial charge in [-0.1, -0.05) is 73.6 Å². The molecule has 8 aliphatic rings. The zero-order valence-corrected chi connectivity index (χ0v) is 63.5. The maximum absolute atomic E-state index is 13.6. The summed E-state index contributed by atoms with van der Waals surface area (Å²) in [4.78, 5) is 30.9. The summed E-state index contributed by atoms with van der Waals surface area (Å²) in [5, 5.41) is 8.30. The first kappa shape index (κ1) is 77.0. The predicted octanol–water partition coefficient (Wildman–Crippen LogP) is 20.1. The third kappa shape index (κ3) is 21.9. The molecule has 0 amide bonds. The van der Waals surface area contributed by atoms with Crippen molar-refractivity contribution < 1.29 is 17.6 Å². The van der Waals surface area contributed by atoms with Crippen molar-refractivity contribution in [3.05, 3.63) is 226 Å². The van der Waals surface area contributed by atoms with Gasteiger partial charge in [0.25, 0.3) is 0 Å². The van der Waals surface area contributed by atoms with E-state index in [0.29, 0.717) is 58.9 Å². The Hall–Kier alpha value is -7.15. The molecule has 0 saturated heterocycles. The van der Waals surface area contributed by atoms with Crippen molar-refractivity contribution in [2.24, 2.45) is 47.3 Å². The molecule has 0 spiro atoms. The van der Waals surface area contributed by atoms with Crippen LogP contribution in [-0.4, -0.2) is 45.1 Å². The van der Waals surface area contributed by atoms with Crippen LogP contribution < -0.4 is 0 Å². The first-order valence-electron chi connectivity index (χ1n) is 37.9. The van der Waals surface area contributed by atoms with Crippen LogP contribution in [0.1, 0.15) is 242 Å². The molecular weight excluding hydrogens is 1250 g/mol. The van der Waals surface area contributed by atoms with Gasteiger partial charge in [-0.05, 0) is 353 Å². The molecule has 0 saturated carbocycles. The minimum atomic E-state index is -0.669. The zero-order valence-electron chi connectivity index (χ0n) is 63.5. The van der Waals surface area contributed by atoms with Crippen LogP contribution in [0.4, 0.5) is 17.6 Å². The summed E-state index contributed by atoms with van der Waals surface area (Å²) in [5.41, 5.74) is 25.7. The summed E-state index contributed by atoms with van der Waals surface area (Å²) in [6, 6.07) is 14.2. The lowest BCUT2D eigenvalue weighted by molar-refractivity contribution is 0.446. The minimum Gasteiger partial charge on any atom is -0.261 e. The minimum absolute atomic E-state index is 0.201. The van der Waals surface area contributed by atoms with Crippen LogP contribution in [0, 0.1) is 126 Å². The first-order valence-corrected chi connectivity index (χ1v) is 37.9. The Morgan fingerprint density at radius 2 is 0.780 bits per heavy atom. The topological polar surface area (TPSA) is 116 Å². The van der Waals surface area contributed by atoms with Crippen LogP contribution in [0.5, 0.6) is 0 Å². The van der Waals surface area contributed by atoms with Gasteiger partial charge in [0.1, 0.15) is 17.5 Å². The Bertz CT molecular complexity index is 3570. The first-order chi connectivity index (χ1) is 47.7. The van der Waals surface area contributed by atoms with Crippen molar-refractivity contribution >= 4 is 0 Å². The summed E-state index contributed by atoms with van der Waals surface area (Å²) in [7, 11) is 0. The highest BCUT2D eigenvalue weighted by Crippen LogP contribution is 2.34. The number of hydrogen-bond acceptors (Lipinski definition) is 9. The summed E-state index contributed by atoms with van der Waals surface area (Å²) in [6.45, 7) is 33.4. The number of hydrogen-bond donors (Lipinski definition) is 0. The molecular formula is C87H115F4N9. The van der Waals surface area contributed by atoms with Crippen LogP contribution in [0.15, 0.2) is 67.3 Å². The van der Waals surface area contributed by atoms with E-state index >= 15 is 0 Å². The van der Waals surface area contributed by atoms with E-state index in [-0.39, 0.29) is 11.6 Å². The molecule has 16 rings (SSSR count). The fourth-order valence-electron chi connectivity index (χ4n) is 15.4. The van der Waals surface area contributed by atoms with Crippen LogP contribution in [-0.2, 0) is 103 Å². The molecule has 8 aliphatic carbocycles. The fourth-order valence-corrected chi connectivity index (χ4v) is 15.4. The molecule has 13 heteroatoms.